The van der Waals surface area contributed by atoms with Crippen molar-refractivity contribution < 1.29 is 9.18 Å². The van der Waals surface area contributed by atoms with Crippen LogP contribution in [-0.4, -0.2) is 63.9 Å². The summed E-state index contributed by atoms with van der Waals surface area (Å²) in [5.41, 5.74) is 0.436. The summed E-state index contributed by atoms with van der Waals surface area (Å²) in [4.78, 5) is 18.3. The smallest absolute Gasteiger partial charge is 0.259 e. The van der Waals surface area contributed by atoms with Crippen molar-refractivity contribution in [2.45, 2.75) is 0 Å². The van der Waals surface area contributed by atoms with Crippen LogP contribution in [0.2, 0.25) is 0 Å². The normalized spacial score (nSPS) is 24.2. The van der Waals surface area contributed by atoms with E-state index in [2.05, 4.69) is 22.1 Å². The van der Waals surface area contributed by atoms with E-state index in [1.54, 1.807) is 17.0 Å². The Morgan fingerprint density at radius 1 is 1.13 bits per heavy atom. The molecule has 0 bridgehead atoms. The third kappa shape index (κ3) is 2.41. The van der Waals surface area contributed by atoms with E-state index in [9.17, 15) is 9.18 Å². The van der Waals surface area contributed by atoms with E-state index < -0.39 is 5.82 Å². The Morgan fingerprint density at radius 3 is 2.43 bits per heavy atom. The molecule has 1 aromatic carbocycles. The van der Waals surface area contributed by atoms with Crippen LogP contribution in [0.3, 0.4) is 0 Å². The fourth-order valence-corrected chi connectivity index (χ4v) is 3.78. The minimum atomic E-state index is -0.529. The molecule has 4 rings (SSSR count). The van der Waals surface area contributed by atoms with Gasteiger partial charge < -0.3 is 9.80 Å². The molecule has 1 aromatic heterocycles. The summed E-state index contributed by atoms with van der Waals surface area (Å²) in [6, 6.07) is 4.55. The largest absolute Gasteiger partial charge is 0.338 e. The first-order valence-corrected chi connectivity index (χ1v) is 7.76. The average Bonchev–Trinajstić information content (AvgIpc) is 3.21. The van der Waals surface area contributed by atoms with Gasteiger partial charge in [-0.2, -0.15) is 15.0 Å². The Morgan fingerprint density at radius 2 is 1.78 bits per heavy atom. The van der Waals surface area contributed by atoms with Gasteiger partial charge in [0.1, 0.15) is 17.1 Å². The van der Waals surface area contributed by atoms with Crippen LogP contribution < -0.4 is 0 Å². The van der Waals surface area contributed by atoms with E-state index in [0.29, 0.717) is 30.6 Å². The molecule has 7 heteroatoms. The van der Waals surface area contributed by atoms with Crippen molar-refractivity contribution in [3.05, 3.63) is 42.0 Å². The van der Waals surface area contributed by atoms with E-state index in [-0.39, 0.29) is 11.5 Å². The Kier molecular flexibility index (Phi) is 3.37. The molecule has 3 heterocycles. The molecule has 2 atom stereocenters. The quantitative estimate of drug-likeness (QED) is 0.831. The highest BCUT2D eigenvalue weighted by molar-refractivity contribution is 5.98. The maximum atomic E-state index is 14.4. The summed E-state index contributed by atoms with van der Waals surface area (Å²) in [6.07, 6.45) is 3.02. The van der Waals surface area contributed by atoms with Gasteiger partial charge in [-0.15, -0.1) is 0 Å². The molecule has 2 fully saturated rings. The Hall–Kier alpha value is -2.28. The maximum Gasteiger partial charge on any atom is 0.259 e. The number of rotatable bonds is 2. The summed E-state index contributed by atoms with van der Waals surface area (Å²) in [7, 11) is 2.10. The van der Waals surface area contributed by atoms with Crippen molar-refractivity contribution in [3.63, 3.8) is 0 Å². The highest BCUT2D eigenvalue weighted by atomic mass is 19.1. The predicted molar refractivity (Wildman–Crippen MR) is 81.7 cm³/mol. The molecule has 2 unspecified atom stereocenters. The van der Waals surface area contributed by atoms with E-state index in [1.807, 2.05) is 0 Å². The molecule has 120 valence electrons. The molecule has 23 heavy (non-hydrogen) atoms. The minimum Gasteiger partial charge on any atom is -0.338 e. The van der Waals surface area contributed by atoms with E-state index in [1.165, 1.54) is 23.3 Å². The van der Waals surface area contributed by atoms with Gasteiger partial charge in [0, 0.05) is 26.2 Å². The van der Waals surface area contributed by atoms with Crippen molar-refractivity contribution in [1.29, 1.82) is 0 Å². The van der Waals surface area contributed by atoms with Gasteiger partial charge in [-0.05, 0) is 31.0 Å². The zero-order valence-corrected chi connectivity index (χ0v) is 12.9. The van der Waals surface area contributed by atoms with Crippen LogP contribution in [0.1, 0.15) is 10.4 Å². The van der Waals surface area contributed by atoms with Crippen LogP contribution in [0.5, 0.6) is 0 Å². The Bertz CT molecular complexity index is 718. The molecule has 1 amide bonds. The molecule has 0 radical (unpaired) electrons. The number of hydrogen-bond acceptors (Lipinski definition) is 4. The highest BCUT2D eigenvalue weighted by Gasteiger charge is 2.41. The number of hydrogen-bond donors (Lipinski definition) is 0. The first kappa shape index (κ1) is 14.3. The van der Waals surface area contributed by atoms with Crippen molar-refractivity contribution in [1.82, 2.24) is 24.8 Å². The average molecular weight is 315 g/mol. The van der Waals surface area contributed by atoms with Gasteiger partial charge >= 0.3 is 0 Å². The summed E-state index contributed by atoms with van der Waals surface area (Å²) < 4.78 is 14.4. The molecule has 0 aliphatic carbocycles. The molecule has 6 nitrogen and oxygen atoms in total. The molecule has 0 spiro atoms. The van der Waals surface area contributed by atoms with Crippen molar-refractivity contribution >= 4 is 5.91 Å². The number of aromatic nitrogens is 3. The molecule has 2 aliphatic heterocycles. The van der Waals surface area contributed by atoms with Gasteiger partial charge in [-0.25, -0.2) is 4.39 Å². The number of benzene rings is 1. The van der Waals surface area contributed by atoms with Gasteiger partial charge in [0.25, 0.3) is 5.91 Å². The number of fused-ring (bicyclic) bond motifs is 1. The van der Waals surface area contributed by atoms with Crippen molar-refractivity contribution in [2.24, 2.45) is 11.8 Å². The Labute approximate surface area is 133 Å². The molecule has 0 N–H and O–H groups in total. The standard InChI is InChI=1S/C16H18FN5O/c1-20-7-11-9-21(10-12(11)8-20)16(23)15-13(17)3-2-4-14(15)22-18-5-6-19-22/h2-6,11-12H,7-10H2,1H3. The first-order chi connectivity index (χ1) is 11.1. The monoisotopic (exact) mass is 315 g/mol. The second-order valence-corrected chi connectivity index (χ2v) is 6.40. The fraction of sp³-hybridized carbons (Fsp3) is 0.438. The molecular weight excluding hydrogens is 297 g/mol. The number of nitrogens with zero attached hydrogens (tertiary/aromatic N) is 5. The zero-order chi connectivity index (χ0) is 16.0. The number of likely N-dealkylation sites (tertiary alicyclic amines) is 2. The fourth-order valence-electron chi connectivity index (χ4n) is 3.78. The maximum absolute atomic E-state index is 14.4. The van der Waals surface area contributed by atoms with Gasteiger partial charge in [0.15, 0.2) is 0 Å². The van der Waals surface area contributed by atoms with Crippen LogP contribution in [0, 0.1) is 17.7 Å². The predicted octanol–water partition coefficient (Wildman–Crippen LogP) is 1.04. The SMILES string of the molecule is CN1CC2CN(C(=O)c3c(F)cccc3-n3nccn3)CC2C1. The molecule has 2 aliphatic rings. The number of amides is 1. The first-order valence-electron chi connectivity index (χ1n) is 7.76. The van der Waals surface area contributed by atoms with Crippen LogP contribution in [0.15, 0.2) is 30.6 Å². The lowest BCUT2D eigenvalue weighted by atomic mass is 10.0. The van der Waals surface area contributed by atoms with Crippen LogP contribution >= 0.6 is 0 Å². The topological polar surface area (TPSA) is 54.3 Å². The minimum absolute atomic E-state index is 0.0528. The van der Waals surface area contributed by atoms with Gasteiger partial charge in [0.2, 0.25) is 0 Å². The van der Waals surface area contributed by atoms with Crippen LogP contribution in [0.25, 0.3) is 5.69 Å². The summed E-state index contributed by atoms with van der Waals surface area (Å²) >= 11 is 0. The van der Waals surface area contributed by atoms with Gasteiger partial charge in [-0.1, -0.05) is 6.07 Å². The number of carbonyl (C=O) groups is 1. The van der Waals surface area contributed by atoms with Crippen LogP contribution in [0.4, 0.5) is 4.39 Å². The molecule has 0 saturated carbocycles. The van der Waals surface area contributed by atoms with E-state index in [4.69, 9.17) is 0 Å². The van der Waals surface area contributed by atoms with E-state index in [0.717, 1.165) is 13.1 Å². The van der Waals surface area contributed by atoms with Gasteiger partial charge in [-0.3, -0.25) is 4.79 Å². The lowest BCUT2D eigenvalue weighted by Gasteiger charge is -2.21. The summed E-state index contributed by atoms with van der Waals surface area (Å²) in [5.74, 6) is 0.176. The molecule has 2 aromatic rings. The van der Waals surface area contributed by atoms with E-state index >= 15 is 0 Å². The molecule has 2 saturated heterocycles. The lowest BCUT2D eigenvalue weighted by Crippen LogP contribution is -2.33. The van der Waals surface area contributed by atoms with Crippen molar-refractivity contribution in [3.8, 4) is 5.69 Å². The third-order valence-electron chi connectivity index (χ3n) is 4.80. The number of carbonyl (C=O) groups excluding carboxylic acids is 1. The van der Waals surface area contributed by atoms with Crippen molar-refractivity contribution in [2.75, 3.05) is 33.2 Å². The Balaban J connectivity index is 1.65. The van der Waals surface area contributed by atoms with Crippen LogP contribution in [-0.2, 0) is 0 Å². The second-order valence-electron chi connectivity index (χ2n) is 6.40. The summed E-state index contributed by atoms with van der Waals surface area (Å²) in [6.45, 7) is 3.38. The lowest BCUT2D eigenvalue weighted by molar-refractivity contribution is 0.0771. The highest BCUT2D eigenvalue weighted by Crippen LogP contribution is 2.32. The molecular formula is C16H18FN5O. The zero-order valence-electron chi connectivity index (χ0n) is 12.9. The third-order valence-corrected chi connectivity index (χ3v) is 4.80. The number of halogens is 1. The summed E-state index contributed by atoms with van der Waals surface area (Å²) in [5, 5.41) is 8.05. The van der Waals surface area contributed by atoms with Gasteiger partial charge in [0.05, 0.1) is 12.4 Å². The second kappa shape index (κ2) is 5.42.